The summed E-state index contributed by atoms with van der Waals surface area (Å²) in [6, 6.07) is 6.03. The second kappa shape index (κ2) is 12.4. The summed E-state index contributed by atoms with van der Waals surface area (Å²) in [6.45, 7) is 7.99. The largest absolute Gasteiger partial charge is 0.493 e. The normalized spacial score (nSPS) is 19.5. The lowest BCUT2D eigenvalue weighted by Crippen LogP contribution is -2.48. The molecule has 2 fully saturated rings. The zero-order valence-electron chi connectivity index (χ0n) is 20.0. The van der Waals surface area contributed by atoms with Gasteiger partial charge in [0.05, 0.1) is 13.7 Å². The molecule has 2 heterocycles. The van der Waals surface area contributed by atoms with Crippen LogP contribution in [0.4, 0.5) is 0 Å². The Kier molecular flexibility index (Phi) is 9.59. The van der Waals surface area contributed by atoms with Crippen molar-refractivity contribution in [3.05, 3.63) is 23.8 Å². The van der Waals surface area contributed by atoms with Crippen molar-refractivity contribution in [1.29, 1.82) is 0 Å². The number of methoxy groups -OCH3 is 1. The summed E-state index contributed by atoms with van der Waals surface area (Å²) in [7, 11) is 5.24. The first-order valence-electron chi connectivity index (χ1n) is 11.8. The molecule has 2 saturated heterocycles. The maximum Gasteiger partial charge on any atom is 0.236 e. The van der Waals surface area contributed by atoms with Crippen molar-refractivity contribution in [2.75, 3.05) is 80.2 Å². The molecular weight excluding hydrogens is 408 g/mol. The van der Waals surface area contributed by atoms with E-state index in [9.17, 15) is 9.90 Å². The Morgan fingerprint density at radius 2 is 1.69 bits per heavy atom. The maximum absolute atomic E-state index is 11.9. The molecule has 1 aromatic carbocycles. The van der Waals surface area contributed by atoms with Crippen LogP contribution in [0.25, 0.3) is 0 Å². The van der Waals surface area contributed by atoms with Crippen LogP contribution in [0, 0.1) is 0 Å². The van der Waals surface area contributed by atoms with Crippen molar-refractivity contribution in [3.63, 3.8) is 0 Å². The van der Waals surface area contributed by atoms with Gasteiger partial charge < -0.3 is 24.4 Å². The van der Waals surface area contributed by atoms with Crippen molar-refractivity contribution in [2.45, 2.75) is 31.9 Å². The van der Waals surface area contributed by atoms with Crippen molar-refractivity contribution < 1.29 is 19.4 Å². The second-order valence-electron chi connectivity index (χ2n) is 9.15. The summed E-state index contributed by atoms with van der Waals surface area (Å²) >= 11 is 0. The predicted molar refractivity (Wildman–Crippen MR) is 125 cm³/mol. The molecule has 1 amide bonds. The molecular formula is C24H40N4O4. The highest BCUT2D eigenvalue weighted by Gasteiger charge is 2.20. The van der Waals surface area contributed by atoms with Crippen molar-refractivity contribution in [2.24, 2.45) is 0 Å². The number of hydrogen-bond acceptors (Lipinski definition) is 7. The Morgan fingerprint density at radius 3 is 2.34 bits per heavy atom. The number of benzene rings is 1. The van der Waals surface area contributed by atoms with Gasteiger partial charge in [0, 0.05) is 53.4 Å². The van der Waals surface area contributed by atoms with E-state index in [4.69, 9.17) is 9.47 Å². The number of likely N-dealkylation sites (tertiary alicyclic amines) is 1. The first-order chi connectivity index (χ1) is 15.4. The molecule has 0 spiro atoms. The van der Waals surface area contributed by atoms with Gasteiger partial charge in [0.15, 0.2) is 11.5 Å². The third kappa shape index (κ3) is 7.62. The van der Waals surface area contributed by atoms with Gasteiger partial charge in [-0.1, -0.05) is 12.5 Å². The predicted octanol–water partition coefficient (Wildman–Crippen LogP) is 1.13. The standard InChI is InChI=1S/C24H40N4O4/c1-25(2)24(30)18-28-13-11-27(12-14-28)16-20-7-8-22(31-3)23(15-20)32-19-21(29)17-26-9-5-4-6-10-26/h7-8,15,21,29H,4-6,9-14,16-19H2,1-3H3/t21-/m1/s1. The van der Waals surface area contributed by atoms with Crippen LogP contribution < -0.4 is 9.47 Å². The smallest absolute Gasteiger partial charge is 0.236 e. The van der Waals surface area contributed by atoms with E-state index in [1.54, 1.807) is 26.1 Å². The summed E-state index contributed by atoms with van der Waals surface area (Å²) in [5.74, 6) is 1.52. The lowest BCUT2D eigenvalue weighted by molar-refractivity contribution is -0.130. The molecule has 32 heavy (non-hydrogen) atoms. The van der Waals surface area contributed by atoms with E-state index in [-0.39, 0.29) is 12.5 Å². The van der Waals surface area contributed by atoms with Gasteiger partial charge in [-0.3, -0.25) is 14.6 Å². The van der Waals surface area contributed by atoms with Gasteiger partial charge in [0.25, 0.3) is 0 Å². The monoisotopic (exact) mass is 448 g/mol. The van der Waals surface area contributed by atoms with Gasteiger partial charge in [-0.2, -0.15) is 0 Å². The molecule has 0 saturated carbocycles. The number of nitrogens with zero attached hydrogens (tertiary/aromatic N) is 4. The van der Waals surface area contributed by atoms with Gasteiger partial charge in [-0.05, 0) is 43.6 Å². The summed E-state index contributed by atoms with van der Waals surface area (Å²) in [4.78, 5) is 20.5. The third-order valence-corrected chi connectivity index (χ3v) is 6.31. The molecule has 1 aromatic rings. The van der Waals surface area contributed by atoms with Crippen LogP contribution in [0.2, 0.25) is 0 Å². The van der Waals surface area contributed by atoms with Gasteiger partial charge >= 0.3 is 0 Å². The quantitative estimate of drug-likeness (QED) is 0.575. The summed E-state index contributed by atoms with van der Waals surface area (Å²) < 4.78 is 11.4. The van der Waals surface area contributed by atoms with Crippen molar-refractivity contribution >= 4 is 5.91 Å². The number of carbonyl (C=O) groups excluding carboxylic acids is 1. The van der Waals surface area contributed by atoms with Crippen LogP contribution in [0.15, 0.2) is 18.2 Å². The number of ether oxygens (including phenoxy) is 2. The highest BCUT2D eigenvalue weighted by Crippen LogP contribution is 2.29. The number of piperidine rings is 1. The first kappa shape index (κ1) is 24.8. The number of amides is 1. The number of β-amino-alcohol motifs (C(OH)–C–C–N with tert-alkyl or cyclic N) is 1. The molecule has 1 N–H and O–H groups in total. The molecule has 0 bridgehead atoms. The number of hydrogen-bond donors (Lipinski definition) is 1. The minimum absolute atomic E-state index is 0.151. The molecule has 8 heteroatoms. The van der Waals surface area contributed by atoms with Crippen LogP contribution in [0.5, 0.6) is 11.5 Å². The van der Waals surface area contributed by atoms with Gasteiger partial charge in [0.1, 0.15) is 12.7 Å². The topological polar surface area (TPSA) is 68.7 Å². The average Bonchev–Trinajstić information content (AvgIpc) is 2.79. The highest BCUT2D eigenvalue weighted by molar-refractivity contribution is 5.77. The minimum atomic E-state index is -0.514. The number of aliphatic hydroxyl groups is 1. The van der Waals surface area contributed by atoms with Crippen LogP contribution in [0.3, 0.4) is 0 Å². The number of likely N-dealkylation sites (N-methyl/N-ethyl adjacent to an activating group) is 1. The number of carbonyl (C=O) groups is 1. The zero-order chi connectivity index (χ0) is 22.9. The molecule has 0 aromatic heterocycles. The number of rotatable bonds is 10. The fourth-order valence-electron chi connectivity index (χ4n) is 4.31. The van der Waals surface area contributed by atoms with Crippen molar-refractivity contribution in [1.82, 2.24) is 19.6 Å². The summed E-state index contributed by atoms with van der Waals surface area (Å²) in [5, 5.41) is 10.4. The van der Waals surface area contributed by atoms with Crippen LogP contribution in [-0.4, -0.2) is 117 Å². The SMILES string of the molecule is COc1ccc(CN2CCN(CC(=O)N(C)C)CC2)cc1OC[C@H](O)CN1CCCCC1. The fourth-order valence-corrected chi connectivity index (χ4v) is 4.31. The molecule has 180 valence electrons. The van der Waals surface area contributed by atoms with Crippen LogP contribution in [0.1, 0.15) is 24.8 Å². The average molecular weight is 449 g/mol. The summed E-state index contributed by atoms with van der Waals surface area (Å²) in [6.07, 6.45) is 3.20. The van der Waals surface area contributed by atoms with Gasteiger partial charge in [0.2, 0.25) is 5.91 Å². The third-order valence-electron chi connectivity index (χ3n) is 6.31. The Morgan fingerprint density at radius 1 is 1.00 bits per heavy atom. The lowest BCUT2D eigenvalue weighted by atomic mass is 10.1. The molecule has 0 aliphatic carbocycles. The van der Waals surface area contributed by atoms with Gasteiger partial charge in [-0.25, -0.2) is 0 Å². The van der Waals surface area contributed by atoms with E-state index in [1.807, 2.05) is 12.1 Å². The summed E-state index contributed by atoms with van der Waals surface area (Å²) in [5.41, 5.74) is 1.16. The maximum atomic E-state index is 11.9. The number of piperazine rings is 1. The molecule has 8 nitrogen and oxygen atoms in total. The van der Waals surface area contributed by atoms with Crippen LogP contribution in [-0.2, 0) is 11.3 Å². The fraction of sp³-hybridized carbons (Fsp3) is 0.708. The Hall–Kier alpha value is -1.87. The molecule has 2 aliphatic heterocycles. The molecule has 0 unspecified atom stereocenters. The Balaban J connectivity index is 1.48. The minimum Gasteiger partial charge on any atom is -0.493 e. The van der Waals surface area contributed by atoms with E-state index in [2.05, 4.69) is 20.8 Å². The number of aliphatic hydroxyl groups excluding tert-OH is 1. The van der Waals surface area contributed by atoms with Crippen LogP contribution >= 0.6 is 0 Å². The molecule has 1 atom stereocenters. The van der Waals surface area contributed by atoms with E-state index in [1.165, 1.54) is 19.3 Å². The van der Waals surface area contributed by atoms with Crippen molar-refractivity contribution in [3.8, 4) is 11.5 Å². The van der Waals surface area contributed by atoms with E-state index < -0.39 is 6.10 Å². The van der Waals surface area contributed by atoms with E-state index in [0.717, 1.165) is 51.4 Å². The van der Waals surface area contributed by atoms with E-state index >= 15 is 0 Å². The molecule has 2 aliphatic rings. The first-order valence-corrected chi connectivity index (χ1v) is 11.8. The second-order valence-corrected chi connectivity index (χ2v) is 9.15. The Bertz CT molecular complexity index is 716. The highest BCUT2D eigenvalue weighted by atomic mass is 16.5. The Labute approximate surface area is 192 Å². The van der Waals surface area contributed by atoms with E-state index in [0.29, 0.717) is 24.6 Å². The molecule has 3 rings (SSSR count). The van der Waals surface area contributed by atoms with Gasteiger partial charge in [-0.15, -0.1) is 0 Å². The molecule has 0 radical (unpaired) electrons. The lowest BCUT2D eigenvalue weighted by Gasteiger charge is -2.34. The zero-order valence-corrected chi connectivity index (χ0v) is 20.0.